The maximum absolute atomic E-state index is 4.25. The Morgan fingerprint density at radius 2 is 1.93 bits per heavy atom. The van der Waals surface area contributed by atoms with Crippen molar-refractivity contribution < 1.29 is 0 Å². The number of rotatable bonds is 2. The van der Waals surface area contributed by atoms with Gasteiger partial charge in [-0.05, 0) is 18.1 Å². The fraction of sp³-hybridized carbons (Fsp3) is 0.429. The van der Waals surface area contributed by atoms with Crippen LogP contribution in [0.5, 0.6) is 0 Å². The van der Waals surface area contributed by atoms with E-state index in [1.165, 1.54) is 16.9 Å². The van der Waals surface area contributed by atoms with E-state index < -0.39 is 0 Å². The quantitative estimate of drug-likeness (QED) is 0.705. The van der Waals surface area contributed by atoms with Gasteiger partial charge in [0.05, 0.1) is 0 Å². The lowest BCUT2D eigenvalue weighted by molar-refractivity contribution is 0.632. The lowest BCUT2D eigenvalue weighted by Crippen LogP contribution is -2.25. The fourth-order valence-electron chi connectivity index (χ4n) is 2.35. The number of nitrogens with zero attached hydrogens (tertiary/aromatic N) is 1. The first kappa shape index (κ1) is 10.3. The zero-order chi connectivity index (χ0) is 11.1. The van der Waals surface area contributed by atoms with Gasteiger partial charge < -0.3 is 4.90 Å². The molecule has 0 aromatic heterocycles. The third-order valence-corrected chi connectivity index (χ3v) is 3.36. The van der Waals surface area contributed by atoms with E-state index in [4.69, 9.17) is 0 Å². The van der Waals surface area contributed by atoms with Gasteiger partial charge in [-0.2, -0.15) is 0 Å². The van der Waals surface area contributed by atoms with Crippen LogP contribution in [0.1, 0.15) is 32.8 Å². The summed E-state index contributed by atoms with van der Waals surface area (Å²) in [4.78, 5) is 2.36. The molecule has 1 aromatic carbocycles. The van der Waals surface area contributed by atoms with Crippen molar-refractivity contribution in [3.05, 3.63) is 42.1 Å². The maximum Gasteiger partial charge on any atom is 0.0450 e. The first-order chi connectivity index (χ1) is 7.09. The van der Waals surface area contributed by atoms with E-state index >= 15 is 0 Å². The summed E-state index contributed by atoms with van der Waals surface area (Å²) in [5.41, 5.74) is 4.06. The molecule has 80 valence electrons. The van der Waals surface area contributed by atoms with Crippen LogP contribution < -0.4 is 4.90 Å². The van der Waals surface area contributed by atoms with Gasteiger partial charge in [0.25, 0.3) is 0 Å². The monoisotopic (exact) mass is 201 g/mol. The van der Waals surface area contributed by atoms with Gasteiger partial charge in [0.1, 0.15) is 0 Å². The fourth-order valence-corrected chi connectivity index (χ4v) is 2.35. The molecule has 1 aliphatic rings. The molecule has 0 N–H and O–H groups in total. The predicted molar refractivity (Wildman–Crippen MR) is 66.2 cm³/mol. The average Bonchev–Trinajstić information content (AvgIpc) is 2.42. The van der Waals surface area contributed by atoms with Crippen LogP contribution in [0, 0.1) is 0 Å². The summed E-state index contributed by atoms with van der Waals surface area (Å²) in [6.07, 6.45) is 1.16. The molecule has 2 rings (SSSR count). The third kappa shape index (κ3) is 1.38. The second-order valence-electron chi connectivity index (χ2n) is 4.74. The summed E-state index contributed by atoms with van der Waals surface area (Å²) in [6, 6.07) is 8.64. The van der Waals surface area contributed by atoms with Crippen molar-refractivity contribution in [3.63, 3.8) is 0 Å². The minimum absolute atomic E-state index is 0.0891. The molecule has 1 heterocycles. The maximum atomic E-state index is 4.25. The van der Waals surface area contributed by atoms with E-state index in [-0.39, 0.29) is 5.41 Å². The number of anilines is 1. The Morgan fingerprint density at radius 3 is 2.60 bits per heavy atom. The summed E-state index contributed by atoms with van der Waals surface area (Å²) in [6.45, 7) is 12.0. The number of hydrogen-bond acceptors (Lipinski definition) is 1. The minimum atomic E-state index is 0.0891. The lowest BCUT2D eigenvalue weighted by Gasteiger charge is -2.25. The van der Waals surface area contributed by atoms with Crippen molar-refractivity contribution in [1.82, 2.24) is 0 Å². The standard InChI is InChI=1S/C14H19N/c1-5-10-15-11(2)14(3,4)12-8-6-7-9-13(12)15/h6-9H,2,5,10H2,1,3-4H3. The van der Waals surface area contributed by atoms with Crippen LogP contribution in [0.2, 0.25) is 0 Å². The van der Waals surface area contributed by atoms with Gasteiger partial charge in [-0.3, -0.25) is 0 Å². The first-order valence-corrected chi connectivity index (χ1v) is 5.65. The molecule has 0 saturated heterocycles. The summed E-state index contributed by atoms with van der Waals surface area (Å²) in [5, 5.41) is 0. The molecular formula is C14H19N. The molecule has 0 spiro atoms. The van der Waals surface area contributed by atoms with E-state index in [0.29, 0.717) is 0 Å². The second-order valence-corrected chi connectivity index (χ2v) is 4.74. The molecule has 0 amide bonds. The molecule has 1 aliphatic heterocycles. The second kappa shape index (κ2) is 3.41. The number of fused-ring (bicyclic) bond motifs is 1. The Bertz CT molecular complexity index is 390. The minimum Gasteiger partial charge on any atom is -0.345 e. The van der Waals surface area contributed by atoms with Gasteiger partial charge in [-0.15, -0.1) is 0 Å². The Kier molecular flexibility index (Phi) is 2.34. The predicted octanol–water partition coefficient (Wildman–Crippen LogP) is 3.71. The average molecular weight is 201 g/mol. The van der Waals surface area contributed by atoms with Crippen LogP contribution in [0.4, 0.5) is 5.69 Å². The third-order valence-electron chi connectivity index (χ3n) is 3.36. The summed E-state index contributed by atoms with van der Waals surface area (Å²) >= 11 is 0. The lowest BCUT2D eigenvalue weighted by atomic mass is 9.84. The van der Waals surface area contributed by atoms with Gasteiger partial charge in [0.15, 0.2) is 0 Å². The van der Waals surface area contributed by atoms with Crippen molar-refractivity contribution in [2.75, 3.05) is 11.4 Å². The molecule has 0 unspecified atom stereocenters. The van der Waals surface area contributed by atoms with Crippen molar-refractivity contribution in [3.8, 4) is 0 Å². The summed E-state index contributed by atoms with van der Waals surface area (Å²) in [5.74, 6) is 0. The summed E-state index contributed by atoms with van der Waals surface area (Å²) < 4.78 is 0. The Hall–Kier alpha value is -1.24. The first-order valence-electron chi connectivity index (χ1n) is 5.65. The van der Waals surface area contributed by atoms with Gasteiger partial charge in [0.2, 0.25) is 0 Å². The highest BCUT2D eigenvalue weighted by Gasteiger charge is 2.37. The van der Waals surface area contributed by atoms with Crippen LogP contribution in [0.25, 0.3) is 0 Å². The van der Waals surface area contributed by atoms with Crippen LogP contribution in [-0.2, 0) is 5.41 Å². The van der Waals surface area contributed by atoms with Crippen LogP contribution in [0.3, 0.4) is 0 Å². The Balaban J connectivity index is 2.52. The highest BCUT2D eigenvalue weighted by molar-refractivity contribution is 5.69. The van der Waals surface area contributed by atoms with Crippen molar-refractivity contribution >= 4 is 5.69 Å². The van der Waals surface area contributed by atoms with E-state index in [2.05, 4.69) is 56.5 Å². The van der Waals surface area contributed by atoms with Gasteiger partial charge >= 0.3 is 0 Å². The molecule has 1 aromatic rings. The molecule has 15 heavy (non-hydrogen) atoms. The van der Waals surface area contributed by atoms with Crippen molar-refractivity contribution in [2.45, 2.75) is 32.6 Å². The van der Waals surface area contributed by atoms with E-state index in [1.54, 1.807) is 0 Å². The number of benzene rings is 1. The van der Waals surface area contributed by atoms with Crippen LogP contribution in [0.15, 0.2) is 36.5 Å². The highest BCUT2D eigenvalue weighted by Crippen LogP contribution is 2.46. The topological polar surface area (TPSA) is 3.24 Å². The number of para-hydroxylation sites is 1. The largest absolute Gasteiger partial charge is 0.345 e. The van der Waals surface area contributed by atoms with E-state index in [9.17, 15) is 0 Å². The molecule has 0 aliphatic carbocycles. The Morgan fingerprint density at radius 1 is 1.27 bits per heavy atom. The SMILES string of the molecule is C=C1N(CCC)c2ccccc2C1(C)C. The molecule has 0 atom stereocenters. The Labute approximate surface area is 92.4 Å². The van der Waals surface area contributed by atoms with Gasteiger partial charge in [0, 0.05) is 23.3 Å². The molecule has 1 nitrogen and oxygen atoms in total. The van der Waals surface area contributed by atoms with E-state index in [0.717, 1.165) is 13.0 Å². The molecule has 0 fully saturated rings. The molecule has 1 heteroatoms. The molecular weight excluding hydrogens is 182 g/mol. The smallest absolute Gasteiger partial charge is 0.0450 e. The van der Waals surface area contributed by atoms with E-state index in [1.807, 2.05) is 0 Å². The molecule has 0 saturated carbocycles. The molecule has 0 bridgehead atoms. The zero-order valence-corrected chi connectivity index (χ0v) is 9.88. The van der Waals surface area contributed by atoms with Crippen LogP contribution in [-0.4, -0.2) is 6.54 Å². The highest BCUT2D eigenvalue weighted by atomic mass is 15.2. The molecule has 0 radical (unpaired) electrons. The normalized spacial score (nSPS) is 18.1. The number of hydrogen-bond donors (Lipinski definition) is 0. The van der Waals surface area contributed by atoms with Crippen LogP contribution >= 0.6 is 0 Å². The van der Waals surface area contributed by atoms with Gasteiger partial charge in [-0.25, -0.2) is 0 Å². The van der Waals surface area contributed by atoms with Crippen molar-refractivity contribution in [1.29, 1.82) is 0 Å². The van der Waals surface area contributed by atoms with Crippen molar-refractivity contribution in [2.24, 2.45) is 0 Å². The zero-order valence-electron chi connectivity index (χ0n) is 9.88. The summed E-state index contributed by atoms with van der Waals surface area (Å²) in [7, 11) is 0. The number of allylic oxidation sites excluding steroid dienone is 1. The van der Waals surface area contributed by atoms with Gasteiger partial charge in [-0.1, -0.05) is 45.5 Å².